The van der Waals surface area contributed by atoms with Gasteiger partial charge in [0.15, 0.2) is 11.5 Å². The van der Waals surface area contributed by atoms with Crippen molar-refractivity contribution in [2.75, 3.05) is 6.61 Å². The molecule has 0 saturated heterocycles. The molecule has 0 aromatic heterocycles. The lowest BCUT2D eigenvalue weighted by molar-refractivity contribution is -0.385. The number of phenols is 1. The molecule has 5 heteroatoms. The van der Waals surface area contributed by atoms with Crippen molar-refractivity contribution in [3.8, 4) is 11.5 Å². The second-order valence-electron chi connectivity index (χ2n) is 3.12. The summed E-state index contributed by atoms with van der Waals surface area (Å²) in [6, 6.07) is 2.60. The third kappa shape index (κ3) is 1.26. The molecular formula is C9H9NO4. The molecule has 14 heavy (non-hydrogen) atoms. The Labute approximate surface area is 80.1 Å². The van der Waals surface area contributed by atoms with Crippen LogP contribution in [0.2, 0.25) is 0 Å². The summed E-state index contributed by atoms with van der Waals surface area (Å²) in [4.78, 5) is 10.2. The average molecular weight is 195 g/mol. The number of benzene rings is 1. The number of rotatable bonds is 1. The summed E-state index contributed by atoms with van der Waals surface area (Å²) in [7, 11) is 0. The van der Waals surface area contributed by atoms with Gasteiger partial charge < -0.3 is 9.84 Å². The molecule has 2 rings (SSSR count). The van der Waals surface area contributed by atoms with Crippen LogP contribution >= 0.6 is 0 Å². The lowest BCUT2D eigenvalue weighted by Gasteiger charge is -2.17. The molecule has 0 fully saturated rings. The summed E-state index contributed by atoms with van der Waals surface area (Å²) in [5.74, 6) is 0.246. The van der Waals surface area contributed by atoms with E-state index in [-0.39, 0.29) is 17.2 Å². The van der Waals surface area contributed by atoms with Gasteiger partial charge in [-0.2, -0.15) is 0 Å². The van der Waals surface area contributed by atoms with Gasteiger partial charge in [-0.3, -0.25) is 10.1 Å². The van der Waals surface area contributed by atoms with Crippen LogP contribution in [0.4, 0.5) is 5.69 Å². The van der Waals surface area contributed by atoms with Gasteiger partial charge in [-0.1, -0.05) is 0 Å². The summed E-state index contributed by atoms with van der Waals surface area (Å²) in [6.07, 6.45) is 1.33. The van der Waals surface area contributed by atoms with E-state index in [4.69, 9.17) is 4.74 Å². The Morgan fingerprint density at radius 3 is 3.00 bits per heavy atom. The maximum Gasteiger partial charge on any atom is 0.276 e. The number of nitro groups is 1. The van der Waals surface area contributed by atoms with E-state index < -0.39 is 4.92 Å². The van der Waals surface area contributed by atoms with Crippen molar-refractivity contribution in [2.45, 2.75) is 12.8 Å². The van der Waals surface area contributed by atoms with Gasteiger partial charge in [-0.25, -0.2) is 0 Å². The number of aromatic hydroxyl groups is 1. The molecule has 1 N–H and O–H groups in total. The first-order valence-corrected chi connectivity index (χ1v) is 4.32. The number of nitrogens with zero attached hydrogens (tertiary/aromatic N) is 1. The normalized spacial score (nSPS) is 14.3. The standard InChI is InChI=1S/C9H9NO4/c11-8-4-3-7(10(12)13)6-2-1-5-14-9(6)8/h3-4,11H,1-2,5H2. The van der Waals surface area contributed by atoms with E-state index in [2.05, 4.69) is 0 Å². The highest BCUT2D eigenvalue weighted by molar-refractivity contribution is 5.57. The Balaban J connectivity index is 2.59. The molecule has 0 radical (unpaired) electrons. The molecule has 74 valence electrons. The molecular weight excluding hydrogens is 186 g/mol. The van der Waals surface area contributed by atoms with Crippen molar-refractivity contribution in [3.63, 3.8) is 0 Å². The van der Waals surface area contributed by atoms with Crippen molar-refractivity contribution in [2.24, 2.45) is 0 Å². The molecule has 0 aliphatic carbocycles. The Morgan fingerprint density at radius 1 is 1.50 bits per heavy atom. The first-order chi connectivity index (χ1) is 6.70. The zero-order valence-corrected chi connectivity index (χ0v) is 7.40. The second-order valence-corrected chi connectivity index (χ2v) is 3.12. The maximum absolute atomic E-state index is 10.7. The zero-order valence-electron chi connectivity index (χ0n) is 7.40. The van der Waals surface area contributed by atoms with E-state index in [1.807, 2.05) is 0 Å². The fraction of sp³-hybridized carbons (Fsp3) is 0.333. The smallest absolute Gasteiger partial charge is 0.276 e. The van der Waals surface area contributed by atoms with Crippen LogP contribution in [0.5, 0.6) is 11.5 Å². The first-order valence-electron chi connectivity index (χ1n) is 4.32. The number of hydrogen-bond donors (Lipinski definition) is 1. The lowest BCUT2D eigenvalue weighted by atomic mass is 10.0. The third-order valence-electron chi connectivity index (χ3n) is 2.23. The van der Waals surface area contributed by atoms with E-state index in [0.717, 1.165) is 6.42 Å². The molecule has 5 nitrogen and oxygen atoms in total. The van der Waals surface area contributed by atoms with Gasteiger partial charge in [0.05, 0.1) is 17.1 Å². The van der Waals surface area contributed by atoms with Gasteiger partial charge in [-0.15, -0.1) is 0 Å². The molecule has 1 aliphatic heterocycles. The monoisotopic (exact) mass is 195 g/mol. The van der Waals surface area contributed by atoms with Gasteiger partial charge in [0, 0.05) is 6.07 Å². The number of fused-ring (bicyclic) bond motifs is 1. The van der Waals surface area contributed by atoms with Crippen LogP contribution in [0.3, 0.4) is 0 Å². The lowest BCUT2D eigenvalue weighted by Crippen LogP contribution is -2.10. The van der Waals surface area contributed by atoms with Crippen molar-refractivity contribution in [1.82, 2.24) is 0 Å². The molecule has 0 saturated carbocycles. The fourth-order valence-corrected chi connectivity index (χ4v) is 1.60. The minimum atomic E-state index is -0.451. The minimum absolute atomic E-state index is 0.0229. The largest absolute Gasteiger partial charge is 0.504 e. The van der Waals surface area contributed by atoms with Crippen LogP contribution in [0.1, 0.15) is 12.0 Å². The van der Waals surface area contributed by atoms with Crippen molar-refractivity contribution in [3.05, 3.63) is 27.8 Å². The van der Waals surface area contributed by atoms with Crippen LogP contribution in [0.15, 0.2) is 12.1 Å². The van der Waals surface area contributed by atoms with E-state index >= 15 is 0 Å². The molecule has 0 amide bonds. The van der Waals surface area contributed by atoms with E-state index in [1.165, 1.54) is 12.1 Å². The van der Waals surface area contributed by atoms with Crippen LogP contribution in [0, 0.1) is 10.1 Å². The number of hydrogen-bond acceptors (Lipinski definition) is 4. The molecule has 0 spiro atoms. The van der Waals surface area contributed by atoms with Crippen molar-refractivity contribution >= 4 is 5.69 Å². The molecule has 1 heterocycles. The van der Waals surface area contributed by atoms with E-state index in [9.17, 15) is 15.2 Å². The highest BCUT2D eigenvalue weighted by atomic mass is 16.6. The predicted molar refractivity (Wildman–Crippen MR) is 48.6 cm³/mol. The zero-order chi connectivity index (χ0) is 10.1. The second kappa shape index (κ2) is 3.17. The Morgan fingerprint density at radius 2 is 2.29 bits per heavy atom. The Hall–Kier alpha value is -1.78. The van der Waals surface area contributed by atoms with Crippen LogP contribution < -0.4 is 4.74 Å². The number of phenolic OH excluding ortho intramolecular Hbond substituents is 1. The number of nitro benzene ring substituents is 1. The average Bonchev–Trinajstić information content (AvgIpc) is 2.18. The Kier molecular flexibility index (Phi) is 1.99. The van der Waals surface area contributed by atoms with Crippen LogP contribution in [-0.4, -0.2) is 16.6 Å². The quantitative estimate of drug-likeness (QED) is 0.546. The number of ether oxygens (including phenoxy) is 1. The van der Waals surface area contributed by atoms with Gasteiger partial charge in [0.2, 0.25) is 0 Å². The summed E-state index contributed by atoms with van der Waals surface area (Å²) < 4.78 is 5.19. The highest BCUT2D eigenvalue weighted by Crippen LogP contribution is 2.39. The molecule has 1 aromatic carbocycles. The Bertz CT molecular complexity index is 389. The van der Waals surface area contributed by atoms with Crippen LogP contribution in [0.25, 0.3) is 0 Å². The van der Waals surface area contributed by atoms with E-state index in [1.54, 1.807) is 0 Å². The van der Waals surface area contributed by atoms with E-state index in [0.29, 0.717) is 18.6 Å². The molecule has 0 unspecified atom stereocenters. The van der Waals surface area contributed by atoms with Crippen molar-refractivity contribution in [1.29, 1.82) is 0 Å². The minimum Gasteiger partial charge on any atom is -0.504 e. The topological polar surface area (TPSA) is 72.6 Å². The van der Waals surface area contributed by atoms with Gasteiger partial charge in [-0.05, 0) is 18.9 Å². The first kappa shape index (κ1) is 8.80. The van der Waals surface area contributed by atoms with Gasteiger partial charge in [0.25, 0.3) is 5.69 Å². The molecule has 0 bridgehead atoms. The predicted octanol–water partition coefficient (Wildman–Crippen LogP) is 1.63. The third-order valence-corrected chi connectivity index (χ3v) is 2.23. The van der Waals surface area contributed by atoms with Gasteiger partial charge in [0.1, 0.15) is 0 Å². The highest BCUT2D eigenvalue weighted by Gasteiger charge is 2.24. The molecule has 1 aromatic rings. The van der Waals surface area contributed by atoms with Gasteiger partial charge >= 0.3 is 0 Å². The molecule has 0 atom stereocenters. The molecule has 1 aliphatic rings. The fourth-order valence-electron chi connectivity index (χ4n) is 1.60. The van der Waals surface area contributed by atoms with Crippen LogP contribution in [-0.2, 0) is 6.42 Å². The maximum atomic E-state index is 10.7. The summed E-state index contributed by atoms with van der Waals surface area (Å²) in [5, 5.41) is 20.1. The summed E-state index contributed by atoms with van der Waals surface area (Å²) in [5.41, 5.74) is 0.527. The summed E-state index contributed by atoms with van der Waals surface area (Å²) >= 11 is 0. The van der Waals surface area contributed by atoms with Crippen molar-refractivity contribution < 1.29 is 14.8 Å². The summed E-state index contributed by atoms with van der Waals surface area (Å²) in [6.45, 7) is 0.502. The SMILES string of the molecule is O=[N+]([O-])c1ccc(O)c2c1CCCO2.